The van der Waals surface area contributed by atoms with Gasteiger partial charge in [0.15, 0.2) is 0 Å². The molecule has 0 amide bonds. The Morgan fingerprint density at radius 3 is 2.29 bits per heavy atom. The Bertz CT molecular complexity index is 635. The molecule has 0 heterocycles. The van der Waals surface area contributed by atoms with Crippen LogP contribution in [0.1, 0.15) is 17.2 Å². The standard InChI is InChI=1S/C15H14Br3NO2/c16-9-7-10(17)15(21)13(18)12(9)14(19)11(20)6-8-4-2-1-3-5-8/h1-5,7,11,14,20-21H,6,19H2/t11-,14-/m0/s1. The van der Waals surface area contributed by atoms with E-state index in [-0.39, 0.29) is 5.75 Å². The minimum atomic E-state index is -0.763. The SMILES string of the molecule is N[C@H](c1c(Br)cc(Br)c(O)c1Br)[C@@H](O)Cc1ccccc1. The van der Waals surface area contributed by atoms with Crippen LogP contribution in [0.25, 0.3) is 0 Å². The maximum Gasteiger partial charge on any atom is 0.144 e. The highest BCUT2D eigenvalue weighted by Crippen LogP contribution is 2.42. The van der Waals surface area contributed by atoms with Crippen LogP contribution in [0.15, 0.2) is 49.8 Å². The van der Waals surface area contributed by atoms with Gasteiger partial charge in [-0.3, -0.25) is 0 Å². The Kier molecular flexibility index (Phi) is 5.85. The smallest absolute Gasteiger partial charge is 0.144 e. The van der Waals surface area contributed by atoms with E-state index in [0.717, 1.165) is 10.0 Å². The molecule has 0 aliphatic heterocycles. The molecule has 0 aliphatic rings. The van der Waals surface area contributed by atoms with E-state index in [4.69, 9.17) is 5.73 Å². The average molecular weight is 480 g/mol. The van der Waals surface area contributed by atoms with Crippen molar-refractivity contribution in [1.82, 2.24) is 0 Å². The lowest BCUT2D eigenvalue weighted by atomic mass is 9.96. The largest absolute Gasteiger partial charge is 0.506 e. The molecule has 0 unspecified atom stereocenters. The molecule has 0 spiro atoms. The lowest BCUT2D eigenvalue weighted by molar-refractivity contribution is 0.144. The first-order valence-electron chi connectivity index (χ1n) is 6.25. The third-order valence-electron chi connectivity index (χ3n) is 3.22. The molecule has 0 saturated heterocycles. The minimum Gasteiger partial charge on any atom is -0.506 e. The molecule has 6 heteroatoms. The Labute approximate surface area is 148 Å². The number of aromatic hydroxyl groups is 1. The van der Waals surface area contributed by atoms with Gasteiger partial charge in [-0.15, -0.1) is 0 Å². The van der Waals surface area contributed by atoms with Crippen molar-refractivity contribution >= 4 is 47.8 Å². The summed E-state index contributed by atoms with van der Waals surface area (Å²) in [6, 6.07) is 10.7. The van der Waals surface area contributed by atoms with Crippen molar-refractivity contribution in [3.05, 3.63) is 60.9 Å². The summed E-state index contributed by atoms with van der Waals surface area (Å²) in [7, 11) is 0. The molecule has 2 aromatic carbocycles. The maximum atomic E-state index is 10.4. The number of hydrogen-bond donors (Lipinski definition) is 3. The zero-order valence-corrected chi connectivity index (χ0v) is 15.7. The Morgan fingerprint density at radius 2 is 1.67 bits per heavy atom. The van der Waals surface area contributed by atoms with Gasteiger partial charge in [0.05, 0.1) is 21.1 Å². The van der Waals surface area contributed by atoms with E-state index in [1.165, 1.54) is 0 Å². The van der Waals surface area contributed by atoms with Gasteiger partial charge in [-0.2, -0.15) is 0 Å². The molecule has 112 valence electrons. The van der Waals surface area contributed by atoms with Crippen molar-refractivity contribution in [2.75, 3.05) is 0 Å². The zero-order valence-electron chi connectivity index (χ0n) is 10.9. The summed E-state index contributed by atoms with van der Waals surface area (Å²) in [6.07, 6.45) is -0.321. The maximum absolute atomic E-state index is 10.4. The summed E-state index contributed by atoms with van der Waals surface area (Å²) in [5.41, 5.74) is 7.82. The first-order valence-corrected chi connectivity index (χ1v) is 8.63. The van der Waals surface area contributed by atoms with Crippen LogP contribution >= 0.6 is 47.8 Å². The summed E-state index contributed by atoms with van der Waals surface area (Å²) in [4.78, 5) is 0. The monoisotopic (exact) mass is 477 g/mol. The lowest BCUT2D eigenvalue weighted by Gasteiger charge is -2.22. The van der Waals surface area contributed by atoms with E-state index in [2.05, 4.69) is 47.8 Å². The van der Waals surface area contributed by atoms with Crippen molar-refractivity contribution in [3.8, 4) is 5.75 Å². The van der Waals surface area contributed by atoms with Gasteiger partial charge in [-0.05, 0) is 43.5 Å². The minimum absolute atomic E-state index is 0.0653. The van der Waals surface area contributed by atoms with Crippen LogP contribution in [0, 0.1) is 0 Å². The number of hydrogen-bond acceptors (Lipinski definition) is 3. The summed E-state index contributed by atoms with van der Waals surface area (Å²) in [5.74, 6) is 0.0653. The number of aliphatic hydroxyl groups excluding tert-OH is 1. The highest BCUT2D eigenvalue weighted by Gasteiger charge is 2.24. The average Bonchev–Trinajstić information content (AvgIpc) is 2.45. The fourth-order valence-corrected chi connectivity index (χ4v) is 4.72. The van der Waals surface area contributed by atoms with Crippen molar-refractivity contribution < 1.29 is 10.2 Å². The number of aliphatic hydroxyl groups is 1. The molecule has 2 aromatic rings. The quantitative estimate of drug-likeness (QED) is 0.613. The van der Waals surface area contributed by atoms with E-state index in [1.54, 1.807) is 6.07 Å². The van der Waals surface area contributed by atoms with Gasteiger partial charge >= 0.3 is 0 Å². The van der Waals surface area contributed by atoms with Crippen LogP contribution in [-0.2, 0) is 6.42 Å². The molecule has 0 radical (unpaired) electrons. The molecule has 0 aliphatic carbocycles. The zero-order chi connectivity index (χ0) is 15.6. The Morgan fingerprint density at radius 1 is 1.05 bits per heavy atom. The molecule has 0 fully saturated rings. The second kappa shape index (κ2) is 7.24. The van der Waals surface area contributed by atoms with Gasteiger partial charge in [0.25, 0.3) is 0 Å². The number of phenolic OH excluding ortho intramolecular Hbond substituents is 1. The van der Waals surface area contributed by atoms with Crippen molar-refractivity contribution in [2.45, 2.75) is 18.6 Å². The van der Waals surface area contributed by atoms with Gasteiger partial charge in [-0.25, -0.2) is 0 Å². The number of phenols is 1. The van der Waals surface area contributed by atoms with E-state index in [1.807, 2.05) is 30.3 Å². The second-order valence-electron chi connectivity index (χ2n) is 4.70. The van der Waals surface area contributed by atoms with Gasteiger partial charge in [0.1, 0.15) is 5.75 Å². The van der Waals surface area contributed by atoms with Gasteiger partial charge in [0, 0.05) is 16.5 Å². The number of benzene rings is 2. The molecule has 0 saturated carbocycles. The normalized spacial score (nSPS) is 14.0. The van der Waals surface area contributed by atoms with Crippen LogP contribution in [0.5, 0.6) is 5.75 Å². The highest BCUT2D eigenvalue weighted by molar-refractivity contribution is 9.11. The fourth-order valence-electron chi connectivity index (χ4n) is 2.08. The lowest BCUT2D eigenvalue weighted by Crippen LogP contribution is -2.28. The van der Waals surface area contributed by atoms with Crippen molar-refractivity contribution in [1.29, 1.82) is 0 Å². The molecular formula is C15H14Br3NO2. The third kappa shape index (κ3) is 3.87. The highest BCUT2D eigenvalue weighted by atomic mass is 79.9. The number of halogens is 3. The molecule has 0 bridgehead atoms. The Balaban J connectivity index is 2.28. The molecule has 4 N–H and O–H groups in total. The number of rotatable bonds is 4. The number of nitrogens with two attached hydrogens (primary N) is 1. The molecular weight excluding hydrogens is 466 g/mol. The molecule has 21 heavy (non-hydrogen) atoms. The van der Waals surface area contributed by atoms with Gasteiger partial charge < -0.3 is 15.9 Å². The topological polar surface area (TPSA) is 66.5 Å². The predicted octanol–water partition coefficient (Wildman–Crippen LogP) is 4.28. The van der Waals surface area contributed by atoms with Crippen LogP contribution < -0.4 is 5.73 Å². The molecule has 2 rings (SSSR count). The molecule has 2 atom stereocenters. The van der Waals surface area contributed by atoms with E-state index >= 15 is 0 Å². The van der Waals surface area contributed by atoms with Crippen LogP contribution in [0.2, 0.25) is 0 Å². The van der Waals surface area contributed by atoms with E-state index in [9.17, 15) is 10.2 Å². The predicted molar refractivity (Wildman–Crippen MR) is 94.3 cm³/mol. The van der Waals surface area contributed by atoms with Crippen LogP contribution in [-0.4, -0.2) is 16.3 Å². The van der Waals surface area contributed by atoms with Crippen molar-refractivity contribution in [3.63, 3.8) is 0 Å². The third-order valence-corrected chi connectivity index (χ3v) is 5.28. The Hall–Kier alpha value is -0.400. The van der Waals surface area contributed by atoms with Gasteiger partial charge in [0.2, 0.25) is 0 Å². The second-order valence-corrected chi connectivity index (χ2v) is 7.20. The summed E-state index contributed by atoms with van der Waals surface area (Å²) in [6.45, 7) is 0. The first-order chi connectivity index (χ1) is 9.91. The van der Waals surface area contributed by atoms with E-state index < -0.39 is 12.1 Å². The summed E-state index contributed by atoms with van der Waals surface area (Å²) >= 11 is 10.0. The molecule has 0 aromatic heterocycles. The van der Waals surface area contributed by atoms with Crippen LogP contribution in [0.4, 0.5) is 0 Å². The van der Waals surface area contributed by atoms with E-state index in [0.29, 0.717) is 20.9 Å². The molecule has 3 nitrogen and oxygen atoms in total. The fraction of sp³-hybridized carbons (Fsp3) is 0.200. The van der Waals surface area contributed by atoms with Crippen LogP contribution in [0.3, 0.4) is 0 Å². The summed E-state index contributed by atoms with van der Waals surface area (Å²) < 4.78 is 1.75. The summed E-state index contributed by atoms with van der Waals surface area (Å²) in [5, 5.41) is 20.4. The van der Waals surface area contributed by atoms with Gasteiger partial charge in [-0.1, -0.05) is 46.3 Å². The first kappa shape index (κ1) is 17.0. The van der Waals surface area contributed by atoms with Crippen molar-refractivity contribution in [2.24, 2.45) is 5.73 Å².